The Kier molecular flexibility index (Phi) is 5.27. The fourth-order valence-electron chi connectivity index (χ4n) is 0.912. The molecule has 0 bridgehead atoms. The van der Waals surface area contributed by atoms with Gasteiger partial charge in [-0.2, -0.15) is 8.42 Å². The number of carboxylic acids is 1. The molecule has 0 aliphatic heterocycles. The molecule has 96 valence electrons. The maximum Gasteiger partial charge on any atom is 0.308 e. The van der Waals surface area contributed by atoms with Crippen molar-refractivity contribution in [3.8, 4) is 0 Å². The second kappa shape index (κ2) is 5.53. The van der Waals surface area contributed by atoms with E-state index in [2.05, 4.69) is 4.18 Å². The standard InChI is InChI=1S/C8H14F2O5S/c1-8(9,10)4-3-6(7(11)12)5-15-16(2,13)14/h6H,3-5H2,1-2H3,(H,11,12). The van der Waals surface area contributed by atoms with E-state index in [1.807, 2.05) is 0 Å². The van der Waals surface area contributed by atoms with E-state index in [4.69, 9.17) is 5.11 Å². The smallest absolute Gasteiger partial charge is 0.308 e. The van der Waals surface area contributed by atoms with E-state index in [-0.39, 0.29) is 6.42 Å². The van der Waals surface area contributed by atoms with Gasteiger partial charge in [-0.05, 0) is 13.3 Å². The summed E-state index contributed by atoms with van der Waals surface area (Å²) in [7, 11) is -3.76. The Bertz CT molecular complexity index is 333. The number of hydrogen-bond donors (Lipinski definition) is 1. The predicted molar refractivity (Wildman–Crippen MR) is 51.8 cm³/mol. The third kappa shape index (κ3) is 8.54. The Balaban J connectivity index is 4.25. The van der Waals surface area contributed by atoms with Gasteiger partial charge in [-0.25, -0.2) is 8.78 Å². The van der Waals surface area contributed by atoms with Crippen LogP contribution in [-0.2, 0) is 19.1 Å². The molecule has 8 heteroatoms. The molecule has 0 heterocycles. The second-order valence-corrected chi connectivity index (χ2v) is 5.28. The Morgan fingerprint density at radius 1 is 1.50 bits per heavy atom. The topological polar surface area (TPSA) is 80.7 Å². The molecule has 16 heavy (non-hydrogen) atoms. The summed E-state index contributed by atoms with van der Waals surface area (Å²) < 4.78 is 50.4. The van der Waals surface area contributed by atoms with Crippen LogP contribution in [0.25, 0.3) is 0 Å². The molecule has 0 saturated heterocycles. The molecule has 0 radical (unpaired) electrons. The lowest BCUT2D eigenvalue weighted by Gasteiger charge is -2.14. The zero-order chi connectivity index (χ0) is 13.0. The van der Waals surface area contributed by atoms with E-state index in [1.54, 1.807) is 0 Å². The van der Waals surface area contributed by atoms with Crippen LogP contribution >= 0.6 is 0 Å². The third-order valence-electron chi connectivity index (χ3n) is 1.76. The van der Waals surface area contributed by atoms with Crippen molar-refractivity contribution in [2.24, 2.45) is 5.92 Å². The lowest BCUT2D eigenvalue weighted by Crippen LogP contribution is -2.24. The van der Waals surface area contributed by atoms with Crippen LogP contribution in [0.3, 0.4) is 0 Å². The molecule has 1 unspecified atom stereocenters. The summed E-state index contributed by atoms with van der Waals surface area (Å²) in [4.78, 5) is 10.6. The molecular formula is C8H14F2O5S. The van der Waals surface area contributed by atoms with Gasteiger partial charge in [-0.3, -0.25) is 8.98 Å². The molecule has 0 fully saturated rings. The first-order valence-electron chi connectivity index (χ1n) is 4.46. The molecule has 0 amide bonds. The van der Waals surface area contributed by atoms with Crippen molar-refractivity contribution in [2.75, 3.05) is 12.9 Å². The van der Waals surface area contributed by atoms with Crippen molar-refractivity contribution in [1.82, 2.24) is 0 Å². The van der Waals surface area contributed by atoms with Gasteiger partial charge in [0, 0.05) is 6.42 Å². The van der Waals surface area contributed by atoms with Crippen molar-refractivity contribution in [1.29, 1.82) is 0 Å². The first-order chi connectivity index (χ1) is 7.01. The number of rotatable bonds is 7. The van der Waals surface area contributed by atoms with Gasteiger partial charge >= 0.3 is 5.97 Å². The van der Waals surface area contributed by atoms with Gasteiger partial charge in [-0.15, -0.1) is 0 Å². The van der Waals surface area contributed by atoms with Gasteiger partial charge < -0.3 is 5.11 Å². The van der Waals surface area contributed by atoms with Gasteiger partial charge in [0.15, 0.2) is 0 Å². The van der Waals surface area contributed by atoms with Gasteiger partial charge in [0.25, 0.3) is 10.1 Å². The van der Waals surface area contributed by atoms with Gasteiger partial charge in [0.2, 0.25) is 5.92 Å². The van der Waals surface area contributed by atoms with Crippen LogP contribution in [0.15, 0.2) is 0 Å². The Hall–Kier alpha value is -0.760. The van der Waals surface area contributed by atoms with Crippen LogP contribution in [0.2, 0.25) is 0 Å². The van der Waals surface area contributed by atoms with Gasteiger partial charge in [-0.1, -0.05) is 0 Å². The highest BCUT2D eigenvalue weighted by molar-refractivity contribution is 7.85. The summed E-state index contributed by atoms with van der Waals surface area (Å²) in [5.74, 6) is -5.58. The van der Waals surface area contributed by atoms with E-state index in [9.17, 15) is 22.0 Å². The molecule has 0 saturated carbocycles. The summed E-state index contributed by atoms with van der Waals surface area (Å²) in [5, 5.41) is 8.65. The van der Waals surface area contributed by atoms with Crippen LogP contribution in [0, 0.1) is 5.92 Å². The number of carbonyl (C=O) groups is 1. The number of carboxylic acid groups (broad SMARTS) is 1. The van der Waals surface area contributed by atoms with Crippen molar-refractivity contribution >= 4 is 16.1 Å². The highest BCUT2D eigenvalue weighted by Gasteiger charge is 2.27. The zero-order valence-corrected chi connectivity index (χ0v) is 9.76. The molecule has 0 spiro atoms. The minimum atomic E-state index is -3.76. The number of aliphatic carboxylic acids is 1. The average Bonchev–Trinajstić information content (AvgIpc) is 1.98. The minimum Gasteiger partial charge on any atom is -0.481 e. The summed E-state index contributed by atoms with van der Waals surface area (Å²) in [6.45, 7) is 0.0492. The fraction of sp³-hybridized carbons (Fsp3) is 0.875. The van der Waals surface area contributed by atoms with E-state index in [0.717, 1.165) is 6.26 Å². The second-order valence-electron chi connectivity index (χ2n) is 3.63. The van der Waals surface area contributed by atoms with Crippen LogP contribution in [0.1, 0.15) is 19.8 Å². The zero-order valence-electron chi connectivity index (χ0n) is 8.94. The monoisotopic (exact) mass is 260 g/mol. The van der Waals surface area contributed by atoms with Crippen LogP contribution in [0.4, 0.5) is 8.78 Å². The number of hydrogen-bond acceptors (Lipinski definition) is 4. The molecule has 0 rings (SSSR count). The fourth-order valence-corrected chi connectivity index (χ4v) is 1.32. The molecular weight excluding hydrogens is 246 g/mol. The van der Waals surface area contributed by atoms with Crippen molar-refractivity contribution in [3.63, 3.8) is 0 Å². The SMILES string of the molecule is CC(F)(F)CCC(COS(C)(=O)=O)C(=O)O. The molecule has 0 aromatic carbocycles. The van der Waals surface area contributed by atoms with Gasteiger partial charge in [0.1, 0.15) is 0 Å². The quantitative estimate of drug-likeness (QED) is 0.693. The van der Waals surface area contributed by atoms with Crippen molar-refractivity contribution in [2.45, 2.75) is 25.7 Å². The molecule has 1 N–H and O–H groups in total. The Labute approximate surface area is 92.5 Å². The molecule has 1 atom stereocenters. The van der Waals surface area contributed by atoms with Crippen molar-refractivity contribution < 1.29 is 31.3 Å². The lowest BCUT2D eigenvalue weighted by molar-refractivity contribution is -0.143. The van der Waals surface area contributed by atoms with Crippen molar-refractivity contribution in [3.05, 3.63) is 0 Å². The largest absolute Gasteiger partial charge is 0.481 e. The third-order valence-corrected chi connectivity index (χ3v) is 2.33. The summed E-state index contributed by atoms with van der Waals surface area (Å²) >= 11 is 0. The van der Waals surface area contributed by atoms with Gasteiger partial charge in [0.05, 0.1) is 18.8 Å². The predicted octanol–water partition coefficient (Wildman–Crippen LogP) is 1.10. The number of halogens is 2. The Morgan fingerprint density at radius 3 is 2.31 bits per heavy atom. The van der Waals surface area contributed by atoms with Crippen LogP contribution < -0.4 is 0 Å². The minimum absolute atomic E-state index is 0.339. The molecule has 0 aliphatic rings. The number of alkyl halides is 2. The highest BCUT2D eigenvalue weighted by atomic mass is 32.2. The van der Waals surface area contributed by atoms with E-state index >= 15 is 0 Å². The lowest BCUT2D eigenvalue weighted by atomic mass is 10.0. The maximum absolute atomic E-state index is 12.5. The summed E-state index contributed by atoms with van der Waals surface area (Å²) in [6.07, 6.45) is -0.203. The normalized spacial score (nSPS) is 14.8. The first-order valence-corrected chi connectivity index (χ1v) is 6.28. The maximum atomic E-state index is 12.5. The molecule has 0 aromatic rings. The highest BCUT2D eigenvalue weighted by Crippen LogP contribution is 2.22. The van der Waals surface area contributed by atoms with Crippen LogP contribution in [0.5, 0.6) is 0 Å². The van der Waals surface area contributed by atoms with E-state index < -0.39 is 41.0 Å². The molecule has 0 aromatic heterocycles. The first kappa shape index (κ1) is 15.2. The molecule has 5 nitrogen and oxygen atoms in total. The Morgan fingerprint density at radius 2 is 2.00 bits per heavy atom. The summed E-state index contributed by atoms with van der Waals surface area (Å²) in [5.41, 5.74) is 0. The molecule has 0 aliphatic carbocycles. The van der Waals surface area contributed by atoms with E-state index in [0.29, 0.717) is 6.92 Å². The summed E-state index contributed by atoms with van der Waals surface area (Å²) in [6, 6.07) is 0. The van der Waals surface area contributed by atoms with Crippen LogP contribution in [-0.4, -0.2) is 38.3 Å². The average molecular weight is 260 g/mol. The van der Waals surface area contributed by atoms with E-state index in [1.165, 1.54) is 0 Å².